The number of hydrogen-bond acceptors (Lipinski definition) is 4. The monoisotopic (exact) mass is 628 g/mol. The van der Waals surface area contributed by atoms with Gasteiger partial charge in [0.05, 0.1) is 0 Å². The molecule has 2 aromatic heterocycles. The Morgan fingerprint density at radius 3 is 2.02 bits per heavy atom. The predicted molar refractivity (Wildman–Crippen MR) is 202 cm³/mol. The van der Waals surface area contributed by atoms with E-state index in [1.807, 2.05) is 36.4 Å². The van der Waals surface area contributed by atoms with Gasteiger partial charge in [0.1, 0.15) is 16.7 Å². The minimum atomic E-state index is 0.583. The second-order valence-electron chi connectivity index (χ2n) is 12.4. The van der Waals surface area contributed by atoms with Crippen LogP contribution in [0.5, 0.6) is 0 Å². The maximum Gasteiger partial charge on any atom is 0.228 e. The molecule has 0 amide bonds. The molecule has 0 spiro atoms. The average molecular weight is 629 g/mol. The zero-order valence-corrected chi connectivity index (χ0v) is 26.4. The third kappa shape index (κ3) is 4.49. The van der Waals surface area contributed by atoms with E-state index < -0.39 is 0 Å². The van der Waals surface area contributed by atoms with Crippen molar-refractivity contribution in [1.82, 2.24) is 4.98 Å². The maximum absolute atomic E-state index is 6.57. The Morgan fingerprint density at radius 1 is 0.429 bits per heavy atom. The normalized spacial score (nSPS) is 11.7. The number of para-hydroxylation sites is 1. The van der Waals surface area contributed by atoms with Crippen LogP contribution in [-0.4, -0.2) is 4.98 Å². The first kappa shape index (κ1) is 27.5. The Balaban J connectivity index is 1.12. The molecule has 0 aliphatic rings. The predicted octanol–water partition coefficient (Wildman–Crippen LogP) is 12.8. The lowest BCUT2D eigenvalue weighted by Crippen LogP contribution is -2.09. The zero-order valence-electron chi connectivity index (χ0n) is 26.4. The molecule has 0 N–H and O–H groups in total. The van der Waals surface area contributed by atoms with Crippen molar-refractivity contribution in [2.45, 2.75) is 0 Å². The van der Waals surface area contributed by atoms with Crippen molar-refractivity contribution in [3.05, 3.63) is 170 Å². The highest BCUT2D eigenvalue weighted by Crippen LogP contribution is 2.43. The Kier molecular flexibility index (Phi) is 6.15. The van der Waals surface area contributed by atoms with Gasteiger partial charge in [0, 0.05) is 44.9 Å². The molecule has 0 fully saturated rings. The van der Waals surface area contributed by atoms with Gasteiger partial charge in [-0.2, -0.15) is 0 Å². The SMILES string of the molecule is c1ccc(N(c2cccc(-c3cccc4ccccc34)c2)c2ccc3c(c2)oc2cccc(-c4nc5ccc6ccccc6c5o4)c23)cc1. The molecule has 0 unspecified atom stereocenters. The first-order valence-corrected chi connectivity index (χ1v) is 16.5. The number of rotatable bonds is 5. The van der Waals surface area contributed by atoms with Gasteiger partial charge in [0.2, 0.25) is 5.89 Å². The maximum atomic E-state index is 6.57. The standard InChI is InChI=1S/C45H28N2O2/c1-2-15-32(16-3-1)47(33-17-8-14-31(27-33)36-20-9-13-29-11-4-6-18-35(29)36)34-24-25-38-42(28-34)48-41-22-10-21-39(43(38)41)45-46-40-26-23-30-12-5-7-19-37(30)44(40)49-45/h1-28H. The fourth-order valence-corrected chi connectivity index (χ4v) is 7.22. The van der Waals surface area contributed by atoms with Crippen LogP contribution < -0.4 is 4.90 Å². The van der Waals surface area contributed by atoms with Gasteiger partial charge < -0.3 is 13.7 Å². The largest absolute Gasteiger partial charge is 0.456 e. The minimum absolute atomic E-state index is 0.583. The van der Waals surface area contributed by atoms with Crippen LogP contribution in [0, 0.1) is 0 Å². The van der Waals surface area contributed by atoms with Gasteiger partial charge in [-0.05, 0) is 81.9 Å². The van der Waals surface area contributed by atoms with E-state index in [1.165, 1.54) is 16.3 Å². The summed E-state index contributed by atoms with van der Waals surface area (Å²) in [5.74, 6) is 0.583. The summed E-state index contributed by atoms with van der Waals surface area (Å²) in [7, 11) is 0. The Labute approximate surface area is 282 Å². The summed E-state index contributed by atoms with van der Waals surface area (Å²) in [6.45, 7) is 0. The third-order valence-corrected chi connectivity index (χ3v) is 9.47. The van der Waals surface area contributed by atoms with E-state index in [4.69, 9.17) is 13.8 Å². The lowest BCUT2D eigenvalue weighted by molar-refractivity contribution is 0.623. The van der Waals surface area contributed by atoms with Gasteiger partial charge in [-0.15, -0.1) is 0 Å². The third-order valence-electron chi connectivity index (χ3n) is 9.47. The molecule has 4 nitrogen and oxygen atoms in total. The van der Waals surface area contributed by atoms with E-state index in [9.17, 15) is 0 Å². The van der Waals surface area contributed by atoms with Crippen LogP contribution in [0.3, 0.4) is 0 Å². The van der Waals surface area contributed by atoms with Crippen molar-refractivity contribution in [1.29, 1.82) is 0 Å². The van der Waals surface area contributed by atoms with Gasteiger partial charge in [-0.1, -0.05) is 109 Å². The van der Waals surface area contributed by atoms with Crippen LogP contribution in [0.2, 0.25) is 0 Å². The van der Waals surface area contributed by atoms with Crippen LogP contribution >= 0.6 is 0 Å². The van der Waals surface area contributed by atoms with Crippen molar-refractivity contribution >= 4 is 71.6 Å². The molecular weight excluding hydrogens is 601 g/mol. The molecule has 230 valence electrons. The molecule has 0 saturated carbocycles. The van der Waals surface area contributed by atoms with E-state index in [2.05, 4.69) is 138 Å². The molecule has 0 aliphatic heterocycles. The van der Waals surface area contributed by atoms with Crippen molar-refractivity contribution in [2.75, 3.05) is 4.90 Å². The van der Waals surface area contributed by atoms with E-state index in [0.29, 0.717) is 5.89 Å². The summed E-state index contributed by atoms with van der Waals surface area (Å²) in [6.07, 6.45) is 0. The van der Waals surface area contributed by atoms with Crippen LogP contribution in [0.4, 0.5) is 17.1 Å². The summed E-state index contributed by atoms with van der Waals surface area (Å²) >= 11 is 0. The molecule has 8 aromatic carbocycles. The summed E-state index contributed by atoms with van der Waals surface area (Å²) in [5.41, 5.74) is 9.63. The smallest absolute Gasteiger partial charge is 0.228 e. The van der Waals surface area contributed by atoms with Crippen molar-refractivity contribution < 1.29 is 8.83 Å². The summed E-state index contributed by atoms with van der Waals surface area (Å²) in [4.78, 5) is 7.22. The summed E-state index contributed by atoms with van der Waals surface area (Å²) < 4.78 is 13.1. The molecule has 0 radical (unpaired) electrons. The molecule has 10 rings (SSSR count). The van der Waals surface area contributed by atoms with E-state index in [-0.39, 0.29) is 0 Å². The summed E-state index contributed by atoms with van der Waals surface area (Å²) in [6, 6.07) is 59.2. The van der Waals surface area contributed by atoms with Gasteiger partial charge >= 0.3 is 0 Å². The summed E-state index contributed by atoms with van der Waals surface area (Å²) in [5, 5.41) is 6.65. The van der Waals surface area contributed by atoms with E-state index >= 15 is 0 Å². The van der Waals surface area contributed by atoms with E-state index in [0.717, 1.165) is 72.0 Å². The molecular formula is C45H28N2O2. The fraction of sp³-hybridized carbons (Fsp3) is 0. The zero-order chi connectivity index (χ0) is 32.3. The quantitative estimate of drug-likeness (QED) is 0.190. The number of anilines is 3. The van der Waals surface area contributed by atoms with Gasteiger partial charge in [-0.3, -0.25) is 0 Å². The van der Waals surface area contributed by atoms with Gasteiger partial charge in [-0.25, -0.2) is 4.98 Å². The Hall–Kier alpha value is -6.65. The van der Waals surface area contributed by atoms with Crippen LogP contribution in [0.1, 0.15) is 0 Å². The number of fused-ring (bicyclic) bond motifs is 7. The molecule has 0 saturated heterocycles. The second-order valence-corrected chi connectivity index (χ2v) is 12.4. The number of nitrogens with zero attached hydrogens (tertiary/aromatic N) is 2. The van der Waals surface area contributed by atoms with Crippen LogP contribution in [0.25, 0.3) is 77.2 Å². The lowest BCUT2D eigenvalue weighted by atomic mass is 9.97. The highest BCUT2D eigenvalue weighted by molar-refractivity contribution is 6.13. The molecule has 0 bridgehead atoms. The molecule has 4 heteroatoms. The van der Waals surface area contributed by atoms with E-state index in [1.54, 1.807) is 0 Å². The molecule has 2 heterocycles. The molecule has 0 atom stereocenters. The van der Waals surface area contributed by atoms with Crippen molar-refractivity contribution in [2.24, 2.45) is 0 Å². The Bertz CT molecular complexity index is 2840. The van der Waals surface area contributed by atoms with Crippen LogP contribution in [-0.2, 0) is 0 Å². The molecule has 49 heavy (non-hydrogen) atoms. The first-order valence-electron chi connectivity index (χ1n) is 16.5. The number of furan rings is 1. The molecule has 0 aliphatic carbocycles. The fourth-order valence-electron chi connectivity index (χ4n) is 7.22. The number of benzene rings is 8. The number of oxazole rings is 1. The lowest BCUT2D eigenvalue weighted by Gasteiger charge is -2.26. The van der Waals surface area contributed by atoms with Gasteiger partial charge in [0.25, 0.3) is 0 Å². The molecule has 10 aromatic rings. The second kappa shape index (κ2) is 11.0. The highest BCUT2D eigenvalue weighted by Gasteiger charge is 2.20. The van der Waals surface area contributed by atoms with Gasteiger partial charge in [0.15, 0.2) is 5.58 Å². The average Bonchev–Trinajstić information content (AvgIpc) is 3.77. The van der Waals surface area contributed by atoms with Crippen molar-refractivity contribution in [3.63, 3.8) is 0 Å². The topological polar surface area (TPSA) is 42.4 Å². The highest BCUT2D eigenvalue weighted by atomic mass is 16.3. The first-order chi connectivity index (χ1) is 24.3. The number of hydrogen-bond donors (Lipinski definition) is 0. The van der Waals surface area contributed by atoms with Crippen molar-refractivity contribution in [3.8, 4) is 22.6 Å². The Morgan fingerprint density at radius 2 is 1.12 bits per heavy atom. The number of aromatic nitrogens is 1. The van der Waals surface area contributed by atoms with Crippen LogP contribution in [0.15, 0.2) is 179 Å². The minimum Gasteiger partial charge on any atom is -0.456 e.